The number of phenolic OH excluding ortho intramolecular Hbond substituents is 1. The van der Waals surface area contributed by atoms with E-state index in [1.54, 1.807) is 0 Å². The van der Waals surface area contributed by atoms with E-state index in [9.17, 15) is 5.11 Å². The van der Waals surface area contributed by atoms with Crippen molar-refractivity contribution in [3.8, 4) is 5.75 Å². The van der Waals surface area contributed by atoms with Gasteiger partial charge in [-0.25, -0.2) is 0 Å². The summed E-state index contributed by atoms with van der Waals surface area (Å²) in [6.07, 6.45) is 0. The molecule has 1 aliphatic heterocycles. The molecule has 5 heteroatoms. The van der Waals surface area contributed by atoms with Crippen LogP contribution in [0.25, 0.3) is 10.8 Å². The van der Waals surface area contributed by atoms with Crippen molar-refractivity contribution in [1.29, 1.82) is 0 Å². The molecule has 0 aliphatic carbocycles. The molecular weight excluding hydrogens is 307 g/mol. The minimum atomic E-state index is 0. The maximum absolute atomic E-state index is 10.3. The molecule has 0 spiro atoms. The van der Waals surface area contributed by atoms with Crippen LogP contribution < -0.4 is 5.32 Å². The van der Waals surface area contributed by atoms with Crippen molar-refractivity contribution in [2.24, 2.45) is 0 Å². The van der Waals surface area contributed by atoms with Crippen LogP contribution in [0.15, 0.2) is 36.4 Å². The van der Waals surface area contributed by atoms with Gasteiger partial charge in [-0.2, -0.15) is 0 Å². The summed E-state index contributed by atoms with van der Waals surface area (Å²) >= 11 is 0. The number of piperazine rings is 1. The Morgan fingerprint density at radius 1 is 1.05 bits per heavy atom. The first-order chi connectivity index (χ1) is 9.27. The van der Waals surface area contributed by atoms with E-state index in [2.05, 4.69) is 29.3 Å². The zero-order chi connectivity index (χ0) is 13.2. The smallest absolute Gasteiger partial charge is 0.120 e. The number of hydrogen-bond donors (Lipinski definition) is 2. The summed E-state index contributed by atoms with van der Waals surface area (Å²) in [4.78, 5) is 2.43. The molecule has 1 heterocycles. The van der Waals surface area contributed by atoms with Crippen LogP contribution >= 0.6 is 24.8 Å². The van der Waals surface area contributed by atoms with E-state index in [0.29, 0.717) is 5.75 Å². The molecule has 1 saturated heterocycles. The molecule has 0 saturated carbocycles. The zero-order valence-corrected chi connectivity index (χ0v) is 13.7. The standard InChI is InChI=1S/C16H20N2O.2ClH/c1-12(18-10-8-17-9-11-18)16-14-5-3-2-4-13(14)6-7-15(16)19;;/h2-7,12,17,19H,8-11H2,1H3;2*1H/t12-;;/m0../s1. The minimum Gasteiger partial charge on any atom is -0.508 e. The van der Waals surface area contributed by atoms with Gasteiger partial charge in [0.1, 0.15) is 5.75 Å². The third-order valence-electron chi connectivity index (χ3n) is 4.06. The molecule has 2 N–H and O–H groups in total. The number of fused-ring (bicyclic) bond motifs is 1. The molecule has 1 atom stereocenters. The fourth-order valence-corrected chi connectivity index (χ4v) is 2.98. The summed E-state index contributed by atoms with van der Waals surface area (Å²) in [6, 6.07) is 12.3. The van der Waals surface area contributed by atoms with E-state index < -0.39 is 0 Å². The molecule has 0 radical (unpaired) electrons. The summed E-state index contributed by atoms with van der Waals surface area (Å²) in [5.41, 5.74) is 1.06. The Morgan fingerprint density at radius 3 is 2.43 bits per heavy atom. The van der Waals surface area contributed by atoms with Crippen LogP contribution in [0, 0.1) is 0 Å². The van der Waals surface area contributed by atoms with Crippen molar-refractivity contribution < 1.29 is 5.11 Å². The van der Waals surface area contributed by atoms with Crippen molar-refractivity contribution >= 4 is 35.6 Å². The average molecular weight is 329 g/mol. The fraction of sp³-hybridized carbons (Fsp3) is 0.375. The lowest BCUT2D eigenvalue weighted by molar-refractivity contribution is 0.184. The zero-order valence-electron chi connectivity index (χ0n) is 12.1. The van der Waals surface area contributed by atoms with Crippen LogP contribution in [0.3, 0.4) is 0 Å². The molecular formula is C16H22Cl2N2O. The largest absolute Gasteiger partial charge is 0.508 e. The normalized spacial score (nSPS) is 16.8. The van der Waals surface area contributed by atoms with Gasteiger partial charge in [0.15, 0.2) is 0 Å². The Labute approximate surface area is 138 Å². The molecule has 116 valence electrons. The molecule has 1 aliphatic rings. The first-order valence-electron chi connectivity index (χ1n) is 6.93. The monoisotopic (exact) mass is 328 g/mol. The molecule has 3 rings (SSSR count). The minimum absolute atomic E-state index is 0. The second-order valence-corrected chi connectivity index (χ2v) is 5.18. The number of nitrogens with one attached hydrogen (secondary N) is 1. The lowest BCUT2D eigenvalue weighted by Gasteiger charge is -2.33. The maximum atomic E-state index is 10.3. The second-order valence-electron chi connectivity index (χ2n) is 5.18. The van der Waals surface area contributed by atoms with Gasteiger partial charge in [0.05, 0.1) is 0 Å². The maximum Gasteiger partial charge on any atom is 0.120 e. The number of benzene rings is 2. The number of nitrogens with zero attached hydrogens (tertiary/aromatic N) is 1. The van der Waals surface area contributed by atoms with Gasteiger partial charge < -0.3 is 10.4 Å². The first kappa shape index (κ1) is 18.1. The van der Waals surface area contributed by atoms with Crippen molar-refractivity contribution in [2.75, 3.05) is 26.2 Å². The molecule has 0 aromatic heterocycles. The van der Waals surface area contributed by atoms with Crippen LogP contribution in [-0.4, -0.2) is 36.2 Å². The van der Waals surface area contributed by atoms with Gasteiger partial charge in [-0.05, 0) is 23.8 Å². The summed E-state index contributed by atoms with van der Waals surface area (Å²) in [7, 11) is 0. The van der Waals surface area contributed by atoms with E-state index in [1.165, 1.54) is 5.39 Å². The molecule has 21 heavy (non-hydrogen) atoms. The van der Waals surface area contributed by atoms with E-state index >= 15 is 0 Å². The highest BCUT2D eigenvalue weighted by Gasteiger charge is 2.22. The van der Waals surface area contributed by atoms with Crippen molar-refractivity contribution in [3.05, 3.63) is 42.0 Å². The van der Waals surface area contributed by atoms with Crippen LogP contribution in [0.4, 0.5) is 0 Å². The van der Waals surface area contributed by atoms with Gasteiger partial charge in [0.2, 0.25) is 0 Å². The molecule has 3 nitrogen and oxygen atoms in total. The quantitative estimate of drug-likeness (QED) is 0.887. The third kappa shape index (κ3) is 3.61. The average Bonchev–Trinajstić information content (AvgIpc) is 2.47. The first-order valence-corrected chi connectivity index (χ1v) is 6.93. The molecule has 1 fully saturated rings. The van der Waals surface area contributed by atoms with Crippen molar-refractivity contribution in [1.82, 2.24) is 10.2 Å². The Bertz CT molecular complexity index is 585. The van der Waals surface area contributed by atoms with E-state index in [-0.39, 0.29) is 30.9 Å². The molecule has 0 bridgehead atoms. The summed E-state index contributed by atoms with van der Waals surface area (Å²) in [5, 5.41) is 16.0. The summed E-state index contributed by atoms with van der Waals surface area (Å²) < 4.78 is 0. The van der Waals surface area contributed by atoms with Gasteiger partial charge in [-0.1, -0.05) is 30.3 Å². The molecule has 2 aromatic rings. The Hall–Kier alpha value is -1.00. The number of phenols is 1. The molecule has 0 unspecified atom stereocenters. The molecule has 2 aromatic carbocycles. The summed E-state index contributed by atoms with van der Waals surface area (Å²) in [5.74, 6) is 0.407. The number of halogens is 2. The Kier molecular flexibility index (Phi) is 6.75. The Balaban J connectivity index is 0.00000110. The Morgan fingerprint density at radius 2 is 1.71 bits per heavy atom. The third-order valence-corrected chi connectivity index (χ3v) is 4.06. The van der Waals surface area contributed by atoms with Crippen LogP contribution in [0.1, 0.15) is 18.5 Å². The predicted molar refractivity (Wildman–Crippen MR) is 93.0 cm³/mol. The van der Waals surface area contributed by atoms with Crippen LogP contribution in [-0.2, 0) is 0 Å². The van der Waals surface area contributed by atoms with E-state index in [4.69, 9.17) is 0 Å². The van der Waals surface area contributed by atoms with E-state index in [0.717, 1.165) is 37.1 Å². The van der Waals surface area contributed by atoms with Crippen LogP contribution in [0.2, 0.25) is 0 Å². The van der Waals surface area contributed by atoms with Crippen molar-refractivity contribution in [2.45, 2.75) is 13.0 Å². The van der Waals surface area contributed by atoms with Gasteiger partial charge in [0, 0.05) is 37.8 Å². The fourth-order valence-electron chi connectivity index (χ4n) is 2.98. The summed E-state index contributed by atoms with van der Waals surface area (Å²) in [6.45, 7) is 6.30. The second kappa shape index (κ2) is 7.85. The highest BCUT2D eigenvalue weighted by Crippen LogP contribution is 2.35. The number of aromatic hydroxyl groups is 1. The highest BCUT2D eigenvalue weighted by atomic mass is 35.5. The SMILES string of the molecule is C[C@@H](c1c(O)ccc2ccccc12)N1CCNCC1.Cl.Cl. The highest BCUT2D eigenvalue weighted by molar-refractivity contribution is 5.88. The number of hydrogen-bond acceptors (Lipinski definition) is 3. The van der Waals surface area contributed by atoms with Gasteiger partial charge in [-0.15, -0.1) is 24.8 Å². The van der Waals surface area contributed by atoms with Crippen molar-refractivity contribution in [3.63, 3.8) is 0 Å². The number of rotatable bonds is 2. The van der Waals surface area contributed by atoms with Gasteiger partial charge in [0.25, 0.3) is 0 Å². The topological polar surface area (TPSA) is 35.5 Å². The lowest BCUT2D eigenvalue weighted by Crippen LogP contribution is -2.44. The van der Waals surface area contributed by atoms with Gasteiger partial charge >= 0.3 is 0 Å². The lowest BCUT2D eigenvalue weighted by atomic mass is 9.97. The predicted octanol–water partition coefficient (Wildman–Crippen LogP) is 3.36. The van der Waals surface area contributed by atoms with Crippen LogP contribution in [0.5, 0.6) is 5.75 Å². The molecule has 0 amide bonds. The van der Waals surface area contributed by atoms with Gasteiger partial charge in [-0.3, -0.25) is 4.90 Å². The van der Waals surface area contributed by atoms with E-state index in [1.807, 2.05) is 24.3 Å².